The molecule has 3 rings (SSSR count). The molecule has 1 aliphatic heterocycles. The van der Waals surface area contributed by atoms with E-state index in [9.17, 15) is 9.90 Å². The highest BCUT2D eigenvalue weighted by atomic mass is 16.3. The molecule has 1 aromatic carbocycles. The summed E-state index contributed by atoms with van der Waals surface area (Å²) in [5.74, 6) is 0.493. The van der Waals surface area contributed by atoms with Gasteiger partial charge >= 0.3 is 0 Å². The predicted molar refractivity (Wildman–Crippen MR) is 101 cm³/mol. The molecule has 1 amide bonds. The Labute approximate surface area is 154 Å². The first kappa shape index (κ1) is 18.3. The van der Waals surface area contributed by atoms with Crippen molar-refractivity contribution in [1.29, 1.82) is 0 Å². The standard InChI is InChI=1S/C19H27N5O2/c1-3-23-10-4-5-15(23)13-24(12-14-6-8-16(25)9-7-14)19(26)17-11-21-22(2)18(17)20/h6-9,11,15,25H,3-5,10,12-13,20H2,1-2H3. The minimum absolute atomic E-state index is 0.105. The van der Waals surface area contributed by atoms with E-state index in [-0.39, 0.29) is 11.7 Å². The van der Waals surface area contributed by atoms with Crippen LogP contribution in [0.4, 0.5) is 5.82 Å². The molecule has 2 heterocycles. The first-order chi connectivity index (χ1) is 12.5. The average molecular weight is 357 g/mol. The molecule has 1 aromatic heterocycles. The summed E-state index contributed by atoms with van der Waals surface area (Å²) in [6.45, 7) is 5.35. The van der Waals surface area contributed by atoms with Crippen LogP contribution in [0.3, 0.4) is 0 Å². The number of benzene rings is 1. The molecule has 7 nitrogen and oxygen atoms in total. The summed E-state index contributed by atoms with van der Waals surface area (Å²) in [6.07, 6.45) is 3.79. The molecule has 0 spiro atoms. The molecular weight excluding hydrogens is 330 g/mol. The van der Waals surface area contributed by atoms with Crippen LogP contribution in [0.15, 0.2) is 30.5 Å². The van der Waals surface area contributed by atoms with Crippen LogP contribution in [-0.2, 0) is 13.6 Å². The number of likely N-dealkylation sites (N-methyl/N-ethyl adjacent to an activating group) is 1. The monoisotopic (exact) mass is 357 g/mol. The zero-order valence-electron chi connectivity index (χ0n) is 15.4. The third-order valence-electron chi connectivity index (χ3n) is 5.15. The second-order valence-electron chi connectivity index (χ2n) is 6.84. The van der Waals surface area contributed by atoms with Crippen LogP contribution in [0.2, 0.25) is 0 Å². The Hall–Kier alpha value is -2.54. The molecule has 1 unspecified atom stereocenters. The van der Waals surface area contributed by atoms with E-state index in [0.717, 1.165) is 31.5 Å². The lowest BCUT2D eigenvalue weighted by Crippen LogP contribution is -2.42. The smallest absolute Gasteiger partial charge is 0.259 e. The lowest BCUT2D eigenvalue weighted by molar-refractivity contribution is 0.0693. The van der Waals surface area contributed by atoms with E-state index >= 15 is 0 Å². The minimum atomic E-state index is -0.105. The molecule has 1 aliphatic rings. The number of aryl methyl sites for hydroxylation is 1. The number of nitrogen functional groups attached to an aromatic ring is 1. The van der Waals surface area contributed by atoms with Crippen molar-refractivity contribution < 1.29 is 9.90 Å². The summed E-state index contributed by atoms with van der Waals surface area (Å²) >= 11 is 0. The lowest BCUT2D eigenvalue weighted by Gasteiger charge is -2.30. The Balaban J connectivity index is 1.83. The van der Waals surface area contributed by atoms with Crippen molar-refractivity contribution in [2.45, 2.75) is 32.4 Å². The molecule has 0 radical (unpaired) electrons. The topological polar surface area (TPSA) is 87.6 Å². The lowest BCUT2D eigenvalue weighted by atomic mass is 10.1. The maximum Gasteiger partial charge on any atom is 0.259 e. The molecule has 0 saturated carbocycles. The van der Waals surface area contributed by atoms with E-state index in [1.165, 1.54) is 10.9 Å². The van der Waals surface area contributed by atoms with Crippen LogP contribution < -0.4 is 5.73 Å². The van der Waals surface area contributed by atoms with E-state index in [2.05, 4.69) is 16.9 Å². The summed E-state index contributed by atoms with van der Waals surface area (Å²) in [5, 5.41) is 13.6. The SMILES string of the molecule is CCN1CCCC1CN(Cc1ccc(O)cc1)C(=O)c1cnn(C)c1N. The molecule has 140 valence electrons. The van der Waals surface area contributed by atoms with E-state index in [1.54, 1.807) is 19.2 Å². The number of nitrogens with zero attached hydrogens (tertiary/aromatic N) is 4. The normalized spacial score (nSPS) is 17.5. The van der Waals surface area contributed by atoms with Crippen LogP contribution in [0.1, 0.15) is 35.7 Å². The highest BCUT2D eigenvalue weighted by Gasteiger charge is 2.29. The Bertz CT molecular complexity index is 756. The Kier molecular flexibility index (Phi) is 5.46. The molecule has 1 atom stereocenters. The van der Waals surface area contributed by atoms with Gasteiger partial charge in [-0.05, 0) is 43.6 Å². The van der Waals surface area contributed by atoms with Crippen LogP contribution >= 0.6 is 0 Å². The molecular formula is C19H27N5O2. The molecule has 3 N–H and O–H groups in total. The molecule has 0 aliphatic carbocycles. The van der Waals surface area contributed by atoms with E-state index in [1.807, 2.05) is 17.0 Å². The first-order valence-electron chi connectivity index (χ1n) is 9.08. The highest BCUT2D eigenvalue weighted by molar-refractivity contribution is 5.98. The number of aromatic hydroxyl groups is 1. The summed E-state index contributed by atoms with van der Waals surface area (Å²) in [7, 11) is 1.73. The van der Waals surface area contributed by atoms with Crippen molar-refractivity contribution in [3.05, 3.63) is 41.6 Å². The third-order valence-corrected chi connectivity index (χ3v) is 5.15. The van der Waals surface area contributed by atoms with Gasteiger partial charge in [-0.2, -0.15) is 5.10 Å². The zero-order chi connectivity index (χ0) is 18.7. The largest absolute Gasteiger partial charge is 0.508 e. The average Bonchev–Trinajstić information content (AvgIpc) is 3.22. The van der Waals surface area contributed by atoms with Crippen LogP contribution in [0, 0.1) is 0 Å². The number of phenolic OH excluding ortho intramolecular Hbond substituents is 1. The van der Waals surface area contributed by atoms with Crippen molar-refractivity contribution in [2.75, 3.05) is 25.4 Å². The number of hydrogen-bond acceptors (Lipinski definition) is 5. The van der Waals surface area contributed by atoms with Gasteiger partial charge in [0.1, 0.15) is 17.1 Å². The third kappa shape index (κ3) is 3.83. The van der Waals surface area contributed by atoms with Gasteiger partial charge in [-0.25, -0.2) is 0 Å². The molecule has 26 heavy (non-hydrogen) atoms. The fraction of sp³-hybridized carbons (Fsp3) is 0.474. The maximum atomic E-state index is 13.2. The quantitative estimate of drug-likeness (QED) is 0.824. The summed E-state index contributed by atoms with van der Waals surface area (Å²) in [4.78, 5) is 17.4. The fourth-order valence-corrected chi connectivity index (χ4v) is 3.60. The van der Waals surface area contributed by atoms with E-state index in [4.69, 9.17) is 5.73 Å². The number of phenols is 1. The number of nitrogens with two attached hydrogens (primary N) is 1. The number of rotatable bonds is 6. The highest BCUT2D eigenvalue weighted by Crippen LogP contribution is 2.22. The first-order valence-corrected chi connectivity index (χ1v) is 9.08. The summed E-state index contributed by atoms with van der Waals surface area (Å²) < 4.78 is 1.51. The number of amides is 1. The van der Waals surface area contributed by atoms with Crippen molar-refractivity contribution >= 4 is 11.7 Å². The minimum Gasteiger partial charge on any atom is -0.508 e. The summed E-state index contributed by atoms with van der Waals surface area (Å²) in [6, 6.07) is 7.33. The second kappa shape index (κ2) is 7.78. The molecule has 0 bridgehead atoms. The number of carbonyl (C=O) groups is 1. The van der Waals surface area contributed by atoms with E-state index < -0.39 is 0 Å². The Morgan fingerprint density at radius 3 is 2.73 bits per heavy atom. The van der Waals surface area contributed by atoms with E-state index in [0.29, 0.717) is 30.5 Å². The van der Waals surface area contributed by atoms with Crippen molar-refractivity contribution in [1.82, 2.24) is 19.6 Å². The second-order valence-corrected chi connectivity index (χ2v) is 6.84. The van der Waals surface area contributed by atoms with Gasteiger partial charge in [0.2, 0.25) is 0 Å². The van der Waals surface area contributed by atoms with Gasteiger partial charge in [-0.1, -0.05) is 19.1 Å². The predicted octanol–water partition coefficient (Wildman–Crippen LogP) is 1.83. The number of hydrogen-bond donors (Lipinski definition) is 2. The maximum absolute atomic E-state index is 13.2. The van der Waals surface area contributed by atoms with Gasteiger partial charge in [0, 0.05) is 26.2 Å². The van der Waals surface area contributed by atoms with Crippen molar-refractivity contribution in [3.8, 4) is 5.75 Å². The van der Waals surface area contributed by atoms with Crippen LogP contribution in [0.25, 0.3) is 0 Å². The summed E-state index contributed by atoms with van der Waals surface area (Å²) in [5.41, 5.74) is 7.43. The number of aromatic nitrogens is 2. The van der Waals surface area contributed by atoms with Crippen LogP contribution in [-0.4, -0.2) is 56.3 Å². The molecule has 1 fully saturated rings. The fourth-order valence-electron chi connectivity index (χ4n) is 3.60. The molecule has 2 aromatic rings. The molecule has 7 heteroatoms. The van der Waals surface area contributed by atoms with Gasteiger partial charge in [0.15, 0.2) is 0 Å². The number of likely N-dealkylation sites (tertiary alicyclic amines) is 1. The van der Waals surface area contributed by atoms with Crippen LogP contribution in [0.5, 0.6) is 5.75 Å². The Morgan fingerprint density at radius 1 is 1.38 bits per heavy atom. The van der Waals surface area contributed by atoms with Gasteiger partial charge in [-0.15, -0.1) is 0 Å². The number of carbonyl (C=O) groups excluding carboxylic acids is 1. The molecule has 1 saturated heterocycles. The zero-order valence-corrected chi connectivity index (χ0v) is 15.4. The van der Waals surface area contributed by atoms with Crippen molar-refractivity contribution in [3.63, 3.8) is 0 Å². The Morgan fingerprint density at radius 2 is 2.12 bits per heavy atom. The van der Waals surface area contributed by atoms with Gasteiger partial charge < -0.3 is 15.7 Å². The van der Waals surface area contributed by atoms with Crippen molar-refractivity contribution in [2.24, 2.45) is 7.05 Å². The van der Waals surface area contributed by atoms with Gasteiger partial charge in [-0.3, -0.25) is 14.4 Å². The number of anilines is 1. The van der Waals surface area contributed by atoms with Gasteiger partial charge in [0.05, 0.1) is 6.20 Å². The van der Waals surface area contributed by atoms with Gasteiger partial charge in [0.25, 0.3) is 5.91 Å².